The van der Waals surface area contributed by atoms with Gasteiger partial charge in [0.25, 0.3) is 0 Å². The van der Waals surface area contributed by atoms with Gasteiger partial charge in [-0.15, -0.1) is 0 Å². The molecule has 0 radical (unpaired) electrons. The van der Waals surface area contributed by atoms with Crippen molar-refractivity contribution in [3.8, 4) is 0 Å². The highest BCUT2D eigenvalue weighted by molar-refractivity contribution is 7.99. The Balaban J connectivity index is 4.02. The van der Waals surface area contributed by atoms with Crippen LogP contribution in [0, 0.1) is 0 Å². The van der Waals surface area contributed by atoms with Crippen molar-refractivity contribution in [2.75, 3.05) is 31.1 Å². The van der Waals surface area contributed by atoms with E-state index in [4.69, 9.17) is 5.11 Å². The van der Waals surface area contributed by atoms with Gasteiger partial charge in [-0.1, -0.05) is 20.8 Å². The van der Waals surface area contributed by atoms with E-state index < -0.39 is 12.0 Å². The molecule has 0 spiro atoms. The number of aliphatic carboxylic acids is 1. The van der Waals surface area contributed by atoms with Gasteiger partial charge in [0.2, 0.25) is 5.91 Å². The summed E-state index contributed by atoms with van der Waals surface area (Å²) in [6.07, 6.45) is 0.291. The fraction of sp³-hybridized carbons (Fsp3) is 0.786. The van der Waals surface area contributed by atoms with Gasteiger partial charge in [0.1, 0.15) is 6.04 Å². The van der Waals surface area contributed by atoms with Crippen molar-refractivity contribution >= 4 is 29.4 Å². The third-order valence-electron chi connectivity index (χ3n) is 2.69. The van der Waals surface area contributed by atoms with Crippen LogP contribution in [0.3, 0.4) is 0 Å². The molecule has 1 amide bonds. The quantitative estimate of drug-likeness (QED) is 0.347. The van der Waals surface area contributed by atoms with Gasteiger partial charge in [-0.05, 0) is 5.75 Å². The molecule has 0 unspecified atom stereocenters. The van der Waals surface area contributed by atoms with Gasteiger partial charge in [0, 0.05) is 24.8 Å². The monoisotopic (exact) mass is 333 g/mol. The number of carboxylic acids is 1. The van der Waals surface area contributed by atoms with Gasteiger partial charge in [-0.25, -0.2) is 4.79 Å². The van der Waals surface area contributed by atoms with Crippen LogP contribution in [0.2, 0.25) is 0 Å². The van der Waals surface area contributed by atoms with Crippen LogP contribution in [0.4, 0.5) is 0 Å². The number of hydrogen-bond acceptors (Lipinski definition) is 6. The van der Waals surface area contributed by atoms with Gasteiger partial charge >= 0.3 is 5.97 Å². The first-order chi connectivity index (χ1) is 10.4. The first-order valence-electron chi connectivity index (χ1n) is 7.42. The number of ketones is 1. The molecule has 0 aromatic carbocycles. The summed E-state index contributed by atoms with van der Waals surface area (Å²) in [7, 11) is 0. The summed E-state index contributed by atoms with van der Waals surface area (Å²) in [5, 5.41) is 17.3. The molecule has 0 aromatic rings. The highest BCUT2D eigenvalue weighted by Gasteiger charge is 2.19. The lowest BCUT2D eigenvalue weighted by Crippen LogP contribution is -2.48. The predicted octanol–water partition coefficient (Wildman–Crippen LogP) is -0.144. The Morgan fingerprint density at radius 2 is 1.86 bits per heavy atom. The predicted molar refractivity (Wildman–Crippen MR) is 88.2 cm³/mol. The number of carboxylic acid groups (broad SMARTS) is 1. The van der Waals surface area contributed by atoms with E-state index in [-0.39, 0.29) is 37.4 Å². The number of carbonyl (C=O) groups excluding carboxylic acids is 2. The lowest BCUT2D eigenvalue weighted by atomic mass is 10.2. The number of nitrogens with one attached hydrogen (secondary N) is 3. The number of hydrogen-bond donors (Lipinski definition) is 4. The van der Waals surface area contributed by atoms with Crippen molar-refractivity contribution in [2.24, 2.45) is 0 Å². The molecule has 0 saturated heterocycles. The van der Waals surface area contributed by atoms with Crippen LogP contribution in [-0.2, 0) is 14.4 Å². The van der Waals surface area contributed by atoms with Gasteiger partial charge in [0.05, 0.1) is 13.1 Å². The van der Waals surface area contributed by atoms with Crippen LogP contribution in [0.15, 0.2) is 0 Å². The third kappa shape index (κ3) is 11.5. The minimum absolute atomic E-state index is 0.0232. The van der Waals surface area contributed by atoms with E-state index in [0.717, 1.165) is 5.75 Å². The van der Waals surface area contributed by atoms with Crippen LogP contribution in [0.25, 0.3) is 0 Å². The Labute approximate surface area is 136 Å². The topological polar surface area (TPSA) is 108 Å². The molecule has 128 valence electrons. The second kappa shape index (κ2) is 12.4. The van der Waals surface area contributed by atoms with Crippen molar-refractivity contribution < 1.29 is 19.5 Å². The van der Waals surface area contributed by atoms with E-state index in [0.29, 0.717) is 12.2 Å². The minimum atomic E-state index is -1.11. The number of thioether (sulfide) groups is 1. The Morgan fingerprint density at radius 3 is 2.41 bits per heavy atom. The number of Topliss-reactive ketones (excluding diaryl/α,β-unsaturated/α-hetero) is 1. The molecule has 8 heteroatoms. The van der Waals surface area contributed by atoms with Crippen LogP contribution < -0.4 is 16.0 Å². The van der Waals surface area contributed by atoms with E-state index in [1.54, 1.807) is 11.8 Å². The SMILES string of the molecule is CCSCCC(=O)N[C@H](CNCC(=O)CNC(C)C)C(=O)O. The number of carbonyl (C=O) groups is 3. The van der Waals surface area contributed by atoms with Crippen LogP contribution in [-0.4, -0.2) is 66.0 Å². The van der Waals surface area contributed by atoms with Gasteiger partial charge in [0.15, 0.2) is 5.78 Å². The summed E-state index contributed by atoms with van der Waals surface area (Å²) in [5.74, 6) is 0.133. The summed E-state index contributed by atoms with van der Waals surface area (Å²) < 4.78 is 0. The molecule has 0 heterocycles. The summed E-state index contributed by atoms with van der Waals surface area (Å²) in [5.41, 5.74) is 0. The Hall–Kier alpha value is -1.12. The molecule has 0 aromatic heterocycles. The van der Waals surface area contributed by atoms with Crippen molar-refractivity contribution in [1.82, 2.24) is 16.0 Å². The van der Waals surface area contributed by atoms with Crippen molar-refractivity contribution in [2.45, 2.75) is 39.3 Å². The summed E-state index contributed by atoms with van der Waals surface area (Å²) >= 11 is 1.63. The standard InChI is InChI=1S/C14H27N3O4S/c1-4-22-6-5-13(19)17-12(14(20)21)9-15-7-11(18)8-16-10(2)3/h10,12,15-16H,4-9H2,1-3H3,(H,17,19)(H,20,21)/t12-/m1/s1. The summed E-state index contributed by atoms with van der Waals surface area (Å²) in [6, 6.07) is -0.805. The molecular formula is C14H27N3O4S. The van der Waals surface area contributed by atoms with Crippen molar-refractivity contribution in [1.29, 1.82) is 0 Å². The van der Waals surface area contributed by atoms with E-state index in [1.165, 1.54) is 0 Å². The minimum Gasteiger partial charge on any atom is -0.480 e. The maximum absolute atomic E-state index is 11.6. The largest absolute Gasteiger partial charge is 0.480 e. The molecule has 4 N–H and O–H groups in total. The molecule has 0 fully saturated rings. The second-order valence-corrected chi connectivity index (χ2v) is 6.50. The molecule has 22 heavy (non-hydrogen) atoms. The van der Waals surface area contributed by atoms with E-state index in [2.05, 4.69) is 16.0 Å². The zero-order valence-electron chi connectivity index (χ0n) is 13.5. The molecule has 0 rings (SSSR count). The first-order valence-corrected chi connectivity index (χ1v) is 8.58. The molecule has 1 atom stereocenters. The maximum atomic E-state index is 11.6. The average molecular weight is 333 g/mol. The van der Waals surface area contributed by atoms with Crippen LogP contribution in [0.1, 0.15) is 27.2 Å². The highest BCUT2D eigenvalue weighted by Crippen LogP contribution is 2.00. The van der Waals surface area contributed by atoms with Gasteiger partial charge < -0.3 is 21.1 Å². The maximum Gasteiger partial charge on any atom is 0.327 e. The van der Waals surface area contributed by atoms with E-state index in [1.807, 2.05) is 20.8 Å². The fourth-order valence-electron chi connectivity index (χ4n) is 1.51. The molecule has 0 aliphatic heterocycles. The summed E-state index contributed by atoms with van der Waals surface area (Å²) in [4.78, 5) is 34.2. The van der Waals surface area contributed by atoms with Crippen molar-refractivity contribution in [3.05, 3.63) is 0 Å². The van der Waals surface area contributed by atoms with Gasteiger partial charge in [-0.2, -0.15) is 11.8 Å². The Morgan fingerprint density at radius 1 is 1.18 bits per heavy atom. The fourth-order valence-corrected chi connectivity index (χ4v) is 2.13. The molecular weight excluding hydrogens is 306 g/mol. The van der Waals surface area contributed by atoms with Gasteiger partial charge in [-0.3, -0.25) is 9.59 Å². The number of rotatable bonds is 13. The van der Waals surface area contributed by atoms with Crippen molar-refractivity contribution in [3.63, 3.8) is 0 Å². The lowest BCUT2D eigenvalue weighted by Gasteiger charge is -2.15. The van der Waals surface area contributed by atoms with E-state index >= 15 is 0 Å². The zero-order valence-corrected chi connectivity index (χ0v) is 14.3. The smallest absolute Gasteiger partial charge is 0.327 e. The number of amides is 1. The Bertz CT molecular complexity index is 364. The molecule has 0 aliphatic rings. The molecule has 7 nitrogen and oxygen atoms in total. The molecule has 0 aliphatic carbocycles. The molecule has 0 saturated carbocycles. The average Bonchev–Trinajstić information content (AvgIpc) is 2.44. The first kappa shape index (κ1) is 20.9. The normalized spacial score (nSPS) is 12.2. The lowest BCUT2D eigenvalue weighted by molar-refractivity contribution is -0.141. The highest BCUT2D eigenvalue weighted by atomic mass is 32.2. The Kier molecular flexibility index (Phi) is 11.8. The third-order valence-corrected chi connectivity index (χ3v) is 3.59. The van der Waals surface area contributed by atoms with E-state index in [9.17, 15) is 14.4 Å². The summed E-state index contributed by atoms with van der Waals surface area (Å²) in [6.45, 7) is 6.21. The van der Waals surface area contributed by atoms with Crippen LogP contribution in [0.5, 0.6) is 0 Å². The molecule has 0 bridgehead atoms. The zero-order chi connectivity index (χ0) is 17.0. The second-order valence-electron chi connectivity index (χ2n) is 5.11. The van der Waals surface area contributed by atoms with Crippen LogP contribution >= 0.6 is 11.8 Å².